The molecule has 2 aromatic rings. The van der Waals surface area contributed by atoms with Gasteiger partial charge in [0.2, 0.25) is 0 Å². The fraction of sp³-hybridized carbons (Fsp3) is 0.167. The van der Waals surface area contributed by atoms with Gasteiger partial charge in [0.1, 0.15) is 5.82 Å². The zero-order chi connectivity index (χ0) is 16.3. The maximum atomic E-state index is 14.3. The Bertz CT molecular complexity index is 736. The lowest BCUT2D eigenvalue weighted by molar-refractivity contribution is -0.131. The third-order valence-electron chi connectivity index (χ3n) is 3.44. The monoisotopic (exact) mass is 299 g/mol. The molecule has 0 unspecified atom stereocenters. The van der Waals surface area contributed by atoms with E-state index in [2.05, 4.69) is 0 Å². The third-order valence-corrected chi connectivity index (χ3v) is 3.44. The van der Waals surface area contributed by atoms with Crippen LogP contribution in [0.1, 0.15) is 12.5 Å². The number of aliphatic carboxylic acids is 1. The number of halogens is 1. The second kappa shape index (κ2) is 6.43. The van der Waals surface area contributed by atoms with E-state index in [-0.39, 0.29) is 5.82 Å². The van der Waals surface area contributed by atoms with Crippen molar-refractivity contribution < 1.29 is 14.3 Å². The van der Waals surface area contributed by atoms with Crippen molar-refractivity contribution in [3.05, 3.63) is 59.9 Å². The van der Waals surface area contributed by atoms with E-state index in [0.717, 1.165) is 17.3 Å². The molecular weight excluding hydrogens is 281 g/mol. The molecule has 0 atom stereocenters. The van der Waals surface area contributed by atoms with Gasteiger partial charge in [-0.15, -0.1) is 0 Å². The van der Waals surface area contributed by atoms with Crippen molar-refractivity contribution in [2.24, 2.45) is 0 Å². The maximum Gasteiger partial charge on any atom is 0.328 e. The minimum Gasteiger partial charge on any atom is -0.478 e. The quantitative estimate of drug-likeness (QED) is 0.866. The lowest BCUT2D eigenvalue weighted by Crippen LogP contribution is -2.10. The van der Waals surface area contributed by atoms with Gasteiger partial charge >= 0.3 is 5.97 Å². The molecule has 114 valence electrons. The molecule has 0 saturated carbocycles. The van der Waals surface area contributed by atoms with Gasteiger partial charge in [-0.25, -0.2) is 9.18 Å². The van der Waals surface area contributed by atoms with Gasteiger partial charge in [-0.2, -0.15) is 0 Å². The average Bonchev–Trinajstić information content (AvgIpc) is 2.47. The van der Waals surface area contributed by atoms with Crippen LogP contribution in [0.3, 0.4) is 0 Å². The van der Waals surface area contributed by atoms with E-state index in [1.165, 1.54) is 6.07 Å². The Morgan fingerprint density at radius 3 is 2.45 bits per heavy atom. The van der Waals surface area contributed by atoms with Gasteiger partial charge in [0, 0.05) is 37.0 Å². The first-order valence-electron chi connectivity index (χ1n) is 6.88. The van der Waals surface area contributed by atoms with Crippen LogP contribution >= 0.6 is 0 Å². The van der Waals surface area contributed by atoms with Crippen LogP contribution in [0, 0.1) is 5.82 Å². The summed E-state index contributed by atoms with van der Waals surface area (Å²) in [6.07, 6.45) is 1.12. The summed E-state index contributed by atoms with van der Waals surface area (Å²) in [7, 11) is 3.80. The molecule has 0 spiro atoms. The average molecular weight is 299 g/mol. The van der Waals surface area contributed by atoms with Crippen LogP contribution in [0.4, 0.5) is 10.1 Å². The molecule has 0 fully saturated rings. The van der Waals surface area contributed by atoms with E-state index >= 15 is 0 Å². The third kappa shape index (κ3) is 3.34. The standard InChI is InChI=1S/C18H18FNO2/c1-12(10-18(21)22)13-8-9-16(19)15(11-13)14-6-4-5-7-17(14)20(2)3/h4-11H,1-3H3,(H,21,22)/b12-10+. The van der Waals surface area contributed by atoms with Crippen LogP contribution in [0.2, 0.25) is 0 Å². The van der Waals surface area contributed by atoms with Crippen LogP contribution in [0.15, 0.2) is 48.5 Å². The highest BCUT2D eigenvalue weighted by atomic mass is 19.1. The number of hydrogen-bond donors (Lipinski definition) is 1. The number of allylic oxidation sites excluding steroid dienone is 1. The first-order chi connectivity index (χ1) is 10.4. The summed E-state index contributed by atoms with van der Waals surface area (Å²) in [5.41, 5.74) is 3.40. The van der Waals surface area contributed by atoms with Crippen LogP contribution in [-0.2, 0) is 4.79 Å². The molecule has 3 nitrogen and oxygen atoms in total. The predicted molar refractivity (Wildman–Crippen MR) is 87.4 cm³/mol. The fourth-order valence-electron chi connectivity index (χ4n) is 2.34. The molecule has 2 aromatic carbocycles. The molecule has 0 bridgehead atoms. The summed E-state index contributed by atoms with van der Waals surface area (Å²) in [4.78, 5) is 12.7. The van der Waals surface area contributed by atoms with E-state index in [1.54, 1.807) is 19.1 Å². The smallest absolute Gasteiger partial charge is 0.328 e. The van der Waals surface area contributed by atoms with Crippen molar-refractivity contribution in [2.75, 3.05) is 19.0 Å². The molecule has 1 N–H and O–H groups in total. The highest BCUT2D eigenvalue weighted by molar-refractivity contribution is 5.90. The van der Waals surface area contributed by atoms with Crippen LogP contribution in [-0.4, -0.2) is 25.2 Å². The number of carbonyl (C=O) groups is 1. The van der Waals surface area contributed by atoms with Crippen molar-refractivity contribution in [3.63, 3.8) is 0 Å². The summed E-state index contributed by atoms with van der Waals surface area (Å²) < 4.78 is 14.3. The Labute approximate surface area is 129 Å². The number of carboxylic acid groups (broad SMARTS) is 1. The van der Waals surface area contributed by atoms with E-state index in [0.29, 0.717) is 16.7 Å². The van der Waals surface area contributed by atoms with Crippen molar-refractivity contribution in [1.82, 2.24) is 0 Å². The molecule has 0 aliphatic carbocycles. The van der Waals surface area contributed by atoms with Gasteiger partial charge in [-0.05, 0) is 36.3 Å². The number of benzene rings is 2. The van der Waals surface area contributed by atoms with E-state index in [1.807, 2.05) is 43.3 Å². The predicted octanol–water partition coefficient (Wildman–Crippen LogP) is 4.05. The van der Waals surface area contributed by atoms with Crippen molar-refractivity contribution >= 4 is 17.2 Å². The Morgan fingerprint density at radius 2 is 1.82 bits per heavy atom. The van der Waals surface area contributed by atoms with Gasteiger partial charge in [0.15, 0.2) is 0 Å². The van der Waals surface area contributed by atoms with Crippen LogP contribution in [0.25, 0.3) is 16.7 Å². The van der Waals surface area contributed by atoms with Crippen LogP contribution < -0.4 is 4.90 Å². The molecule has 0 aliphatic rings. The molecule has 22 heavy (non-hydrogen) atoms. The minimum absolute atomic E-state index is 0.332. The minimum atomic E-state index is -1.02. The van der Waals surface area contributed by atoms with Crippen molar-refractivity contribution in [3.8, 4) is 11.1 Å². The van der Waals surface area contributed by atoms with Gasteiger partial charge in [-0.3, -0.25) is 0 Å². The van der Waals surface area contributed by atoms with Gasteiger partial charge in [0.25, 0.3) is 0 Å². The molecule has 2 rings (SSSR count). The van der Waals surface area contributed by atoms with Crippen LogP contribution in [0.5, 0.6) is 0 Å². The number of carboxylic acids is 1. The topological polar surface area (TPSA) is 40.5 Å². The molecular formula is C18H18FNO2. The largest absolute Gasteiger partial charge is 0.478 e. The van der Waals surface area contributed by atoms with E-state index < -0.39 is 5.97 Å². The summed E-state index contributed by atoms with van der Waals surface area (Å²) in [6.45, 7) is 1.70. The van der Waals surface area contributed by atoms with Gasteiger partial charge in [-0.1, -0.05) is 24.3 Å². The lowest BCUT2D eigenvalue weighted by atomic mass is 9.97. The number of anilines is 1. The number of hydrogen-bond acceptors (Lipinski definition) is 2. The fourth-order valence-corrected chi connectivity index (χ4v) is 2.34. The molecule has 0 amide bonds. The molecule has 0 aromatic heterocycles. The Hall–Kier alpha value is -2.62. The molecule has 4 heteroatoms. The van der Waals surface area contributed by atoms with E-state index in [9.17, 15) is 9.18 Å². The van der Waals surface area contributed by atoms with Gasteiger partial charge in [0.05, 0.1) is 0 Å². The Balaban J connectivity index is 2.60. The number of rotatable bonds is 4. The summed E-state index contributed by atoms with van der Waals surface area (Å²) in [6, 6.07) is 12.2. The molecule has 0 radical (unpaired) electrons. The van der Waals surface area contributed by atoms with E-state index in [4.69, 9.17) is 5.11 Å². The Kier molecular flexibility index (Phi) is 4.61. The zero-order valence-corrected chi connectivity index (χ0v) is 12.8. The first kappa shape index (κ1) is 15.8. The summed E-state index contributed by atoms with van der Waals surface area (Å²) in [5, 5.41) is 8.85. The Morgan fingerprint density at radius 1 is 1.14 bits per heavy atom. The number of nitrogens with zero attached hydrogens (tertiary/aromatic N) is 1. The first-order valence-corrected chi connectivity index (χ1v) is 6.88. The summed E-state index contributed by atoms with van der Waals surface area (Å²) >= 11 is 0. The second-order valence-corrected chi connectivity index (χ2v) is 5.27. The highest BCUT2D eigenvalue weighted by Gasteiger charge is 2.12. The summed E-state index contributed by atoms with van der Waals surface area (Å²) in [5.74, 6) is -1.35. The highest BCUT2D eigenvalue weighted by Crippen LogP contribution is 2.33. The molecule has 0 heterocycles. The normalized spacial score (nSPS) is 11.4. The van der Waals surface area contributed by atoms with Crippen molar-refractivity contribution in [2.45, 2.75) is 6.92 Å². The molecule has 0 saturated heterocycles. The van der Waals surface area contributed by atoms with Crippen molar-refractivity contribution in [1.29, 1.82) is 0 Å². The molecule has 0 aliphatic heterocycles. The SMILES string of the molecule is C/C(=C\C(=O)O)c1ccc(F)c(-c2ccccc2N(C)C)c1. The second-order valence-electron chi connectivity index (χ2n) is 5.27. The lowest BCUT2D eigenvalue weighted by Gasteiger charge is -2.18. The maximum absolute atomic E-state index is 14.3. The zero-order valence-electron chi connectivity index (χ0n) is 12.8. The van der Waals surface area contributed by atoms with Gasteiger partial charge < -0.3 is 10.0 Å². The number of para-hydroxylation sites is 1.